The van der Waals surface area contributed by atoms with E-state index >= 15 is 0 Å². The number of hydrogen-bond acceptors (Lipinski definition) is 6. The zero-order valence-electron chi connectivity index (χ0n) is 21.8. The minimum Gasteiger partial charge on any atom is -0.484 e. The van der Waals surface area contributed by atoms with Crippen molar-refractivity contribution in [2.75, 3.05) is 11.9 Å². The van der Waals surface area contributed by atoms with Gasteiger partial charge >= 0.3 is 0 Å². The second kappa shape index (κ2) is 10.4. The van der Waals surface area contributed by atoms with Gasteiger partial charge in [-0.25, -0.2) is 0 Å². The van der Waals surface area contributed by atoms with Crippen molar-refractivity contribution >= 4 is 57.8 Å². The fourth-order valence-electron chi connectivity index (χ4n) is 7.05. The molecule has 3 amide bonds. The number of benzene rings is 2. The molecule has 5 aliphatic rings. The third-order valence-corrected chi connectivity index (χ3v) is 9.68. The number of hydrogen-bond donors (Lipinski definition) is 2. The Morgan fingerprint density at radius 2 is 1.74 bits per heavy atom. The predicted molar refractivity (Wildman–Crippen MR) is 156 cm³/mol. The number of hydrazine groups is 1. The van der Waals surface area contributed by atoms with E-state index in [9.17, 15) is 14.4 Å². The number of amides is 3. The highest BCUT2D eigenvalue weighted by Crippen LogP contribution is 2.60. The topological polar surface area (TPSA) is 87.7 Å². The van der Waals surface area contributed by atoms with E-state index in [1.165, 1.54) is 36.0 Å². The molecule has 9 heteroatoms. The Morgan fingerprint density at radius 3 is 2.38 bits per heavy atom. The smallest absolute Gasteiger partial charge is 0.285 e. The van der Waals surface area contributed by atoms with Gasteiger partial charge in [0.15, 0.2) is 10.9 Å². The van der Waals surface area contributed by atoms with Gasteiger partial charge in [0, 0.05) is 5.69 Å². The van der Waals surface area contributed by atoms with Crippen molar-refractivity contribution in [3.63, 3.8) is 0 Å². The molecule has 1 saturated heterocycles. The number of nitrogens with zero attached hydrogens (tertiary/aromatic N) is 1. The van der Waals surface area contributed by atoms with Crippen LogP contribution in [0.15, 0.2) is 53.4 Å². The van der Waals surface area contributed by atoms with E-state index in [4.69, 9.17) is 17.0 Å². The van der Waals surface area contributed by atoms with Crippen LogP contribution in [-0.2, 0) is 14.4 Å². The van der Waals surface area contributed by atoms with Crippen molar-refractivity contribution in [1.82, 2.24) is 10.4 Å². The van der Waals surface area contributed by atoms with E-state index in [2.05, 4.69) is 10.7 Å². The third-order valence-electron chi connectivity index (χ3n) is 8.38. The number of anilines is 1. The van der Waals surface area contributed by atoms with Gasteiger partial charge in [0.25, 0.3) is 11.8 Å². The molecule has 4 saturated carbocycles. The van der Waals surface area contributed by atoms with E-state index in [0.717, 1.165) is 36.1 Å². The number of carbonyl (C=O) groups excluding carboxylic acids is 3. The van der Waals surface area contributed by atoms with Gasteiger partial charge < -0.3 is 10.1 Å². The molecular weight excluding hydrogens is 530 g/mol. The summed E-state index contributed by atoms with van der Waals surface area (Å²) < 4.78 is 5.95. The molecule has 7 rings (SSSR count). The molecule has 4 bridgehead atoms. The van der Waals surface area contributed by atoms with Crippen LogP contribution in [0.2, 0.25) is 0 Å². The molecule has 2 aromatic carbocycles. The molecule has 7 nitrogen and oxygen atoms in total. The number of aryl methyl sites for hydroxylation is 1. The average Bonchev–Trinajstić information content (AvgIpc) is 3.15. The Labute approximate surface area is 237 Å². The van der Waals surface area contributed by atoms with Crippen molar-refractivity contribution < 1.29 is 19.1 Å². The fraction of sp³-hybridized carbons (Fsp3) is 0.400. The maximum Gasteiger partial charge on any atom is 0.285 e. The molecule has 39 heavy (non-hydrogen) atoms. The maximum atomic E-state index is 13.4. The van der Waals surface area contributed by atoms with Crippen LogP contribution in [0.1, 0.15) is 49.7 Å². The minimum atomic E-state index is -0.353. The zero-order chi connectivity index (χ0) is 27.1. The van der Waals surface area contributed by atoms with Gasteiger partial charge in [0.05, 0.1) is 10.3 Å². The number of ether oxygens (including phenoxy) is 1. The monoisotopic (exact) mass is 561 g/mol. The first-order valence-electron chi connectivity index (χ1n) is 13.4. The standard InChI is InChI=1S/C30H31N3O4S2/c1-18-3-2-4-23(9-18)31-26(34)17-37-24-7-5-19(6-8-24)13-25-27(35)33(29(38)39-25)32-28(36)30-14-20-10-21(15-30)12-22(11-20)16-30/h2-9,13,20-22H,10-12,14-17H2,1H3,(H,31,34)(H,32,36)/b25-13+. The number of nitrogens with one attached hydrogen (secondary N) is 2. The summed E-state index contributed by atoms with van der Waals surface area (Å²) >= 11 is 6.65. The lowest BCUT2D eigenvalue weighted by Crippen LogP contribution is -2.57. The van der Waals surface area contributed by atoms with Gasteiger partial charge in [-0.05, 0) is 117 Å². The predicted octanol–water partition coefficient (Wildman–Crippen LogP) is 5.46. The van der Waals surface area contributed by atoms with Crippen molar-refractivity contribution in [2.45, 2.75) is 45.4 Å². The first-order chi connectivity index (χ1) is 18.8. The van der Waals surface area contributed by atoms with E-state index in [-0.39, 0.29) is 29.7 Å². The number of thioether (sulfide) groups is 1. The van der Waals surface area contributed by atoms with Gasteiger partial charge in [-0.2, -0.15) is 5.01 Å². The third kappa shape index (κ3) is 5.47. The van der Waals surface area contributed by atoms with Crippen molar-refractivity contribution in [2.24, 2.45) is 23.2 Å². The summed E-state index contributed by atoms with van der Waals surface area (Å²) in [6, 6.07) is 14.7. The van der Waals surface area contributed by atoms with E-state index in [1.54, 1.807) is 18.2 Å². The van der Waals surface area contributed by atoms with Crippen LogP contribution < -0.4 is 15.5 Å². The quantitative estimate of drug-likeness (QED) is 0.345. The largest absolute Gasteiger partial charge is 0.484 e. The fourth-order valence-corrected chi connectivity index (χ4v) is 8.23. The number of carbonyl (C=O) groups is 3. The van der Waals surface area contributed by atoms with Crippen LogP contribution in [-0.4, -0.2) is 33.7 Å². The highest BCUT2D eigenvalue weighted by Gasteiger charge is 2.55. The molecule has 2 aromatic rings. The molecule has 0 aromatic heterocycles. The molecule has 2 N–H and O–H groups in total. The molecular formula is C30H31N3O4S2. The molecule has 1 aliphatic heterocycles. The summed E-state index contributed by atoms with van der Waals surface area (Å²) in [6.45, 7) is 1.85. The maximum absolute atomic E-state index is 13.4. The summed E-state index contributed by atoms with van der Waals surface area (Å²) in [5.41, 5.74) is 5.12. The van der Waals surface area contributed by atoms with E-state index < -0.39 is 0 Å². The van der Waals surface area contributed by atoms with Crippen molar-refractivity contribution in [3.8, 4) is 5.75 Å². The highest BCUT2D eigenvalue weighted by molar-refractivity contribution is 8.26. The van der Waals surface area contributed by atoms with Gasteiger partial charge in [-0.3, -0.25) is 19.8 Å². The molecule has 0 atom stereocenters. The Balaban J connectivity index is 1.05. The Morgan fingerprint density at radius 1 is 1.08 bits per heavy atom. The lowest BCUT2D eigenvalue weighted by molar-refractivity contribution is -0.152. The van der Waals surface area contributed by atoms with Crippen LogP contribution in [0, 0.1) is 30.1 Å². The summed E-state index contributed by atoms with van der Waals surface area (Å²) in [5.74, 6) is 1.86. The van der Waals surface area contributed by atoms with Gasteiger partial charge in [0.2, 0.25) is 5.91 Å². The average molecular weight is 562 g/mol. The highest BCUT2D eigenvalue weighted by atomic mass is 32.2. The van der Waals surface area contributed by atoms with Crippen molar-refractivity contribution in [3.05, 3.63) is 64.6 Å². The molecule has 202 valence electrons. The Bertz CT molecular complexity index is 1340. The zero-order valence-corrected chi connectivity index (χ0v) is 23.4. The molecule has 0 unspecified atom stereocenters. The lowest BCUT2D eigenvalue weighted by Gasteiger charge is -2.55. The van der Waals surface area contributed by atoms with Crippen LogP contribution in [0.25, 0.3) is 6.08 Å². The summed E-state index contributed by atoms with van der Waals surface area (Å²) in [7, 11) is 0. The summed E-state index contributed by atoms with van der Waals surface area (Å²) in [6.07, 6.45) is 8.29. The Kier molecular flexibility index (Phi) is 6.97. The SMILES string of the molecule is Cc1cccc(NC(=O)COc2ccc(/C=C3/SC(=S)N(NC(=O)C45CC6CC(CC(C6)C4)C5)C3=O)cc2)c1. The summed E-state index contributed by atoms with van der Waals surface area (Å²) in [4.78, 5) is 39.3. The van der Waals surface area contributed by atoms with Crippen LogP contribution in [0.3, 0.4) is 0 Å². The van der Waals surface area contributed by atoms with Gasteiger partial charge in [-0.1, -0.05) is 36.0 Å². The van der Waals surface area contributed by atoms with Gasteiger partial charge in [-0.15, -0.1) is 0 Å². The second-order valence-corrected chi connectivity index (χ2v) is 13.1. The molecule has 4 aliphatic carbocycles. The van der Waals surface area contributed by atoms with E-state index in [1.807, 2.05) is 43.3 Å². The number of thiocarbonyl (C=S) groups is 1. The van der Waals surface area contributed by atoms with Gasteiger partial charge in [0.1, 0.15) is 5.75 Å². The second-order valence-electron chi connectivity index (χ2n) is 11.4. The molecule has 1 heterocycles. The van der Waals surface area contributed by atoms with Crippen molar-refractivity contribution in [1.29, 1.82) is 0 Å². The number of rotatable bonds is 7. The summed E-state index contributed by atoms with van der Waals surface area (Å²) in [5, 5.41) is 4.06. The molecule has 5 fully saturated rings. The minimum absolute atomic E-state index is 0.0490. The van der Waals surface area contributed by atoms with E-state index in [0.29, 0.717) is 32.7 Å². The first-order valence-corrected chi connectivity index (χ1v) is 14.7. The van der Waals surface area contributed by atoms with Crippen LogP contribution in [0.5, 0.6) is 5.75 Å². The first kappa shape index (κ1) is 26.1. The lowest BCUT2D eigenvalue weighted by atomic mass is 9.49. The van der Waals surface area contributed by atoms with Crippen LogP contribution in [0.4, 0.5) is 5.69 Å². The molecule has 0 spiro atoms. The Hall–Kier alpha value is -3.17. The van der Waals surface area contributed by atoms with Crippen LogP contribution >= 0.6 is 24.0 Å². The normalized spacial score (nSPS) is 28.2. The molecule has 0 radical (unpaired) electrons.